The highest BCUT2D eigenvalue weighted by atomic mass is 16.5. The Morgan fingerprint density at radius 2 is 2.50 bits per heavy atom. The summed E-state index contributed by atoms with van der Waals surface area (Å²) in [6.07, 6.45) is 3.22. The summed E-state index contributed by atoms with van der Waals surface area (Å²) in [6, 6.07) is 0.0499. The number of rotatable bonds is 5. The summed E-state index contributed by atoms with van der Waals surface area (Å²) < 4.78 is 5.35. The Bertz CT molecular complexity index is 178. The molecule has 4 nitrogen and oxygen atoms in total. The van der Waals surface area contributed by atoms with Crippen molar-refractivity contribution in [3.05, 3.63) is 0 Å². The van der Waals surface area contributed by atoms with Crippen LogP contribution in [0.25, 0.3) is 0 Å². The number of hydrogen-bond acceptors (Lipinski definition) is 3. The maximum absolute atomic E-state index is 11.4. The number of carbonyl (C=O) groups excluding carboxylic acids is 1. The largest absolute Gasteiger partial charge is 0.396 e. The van der Waals surface area contributed by atoms with Crippen molar-refractivity contribution in [2.24, 2.45) is 0 Å². The molecule has 2 unspecified atom stereocenters. The fourth-order valence-corrected chi connectivity index (χ4v) is 1.61. The molecule has 0 spiro atoms. The van der Waals surface area contributed by atoms with E-state index in [2.05, 4.69) is 5.32 Å². The summed E-state index contributed by atoms with van der Waals surface area (Å²) in [4.78, 5) is 11.4. The normalized spacial score (nSPS) is 23.4. The summed E-state index contributed by atoms with van der Waals surface area (Å²) in [5, 5.41) is 11.5. The predicted molar refractivity (Wildman–Crippen MR) is 52.9 cm³/mol. The number of carbonyl (C=O) groups is 1. The zero-order chi connectivity index (χ0) is 10.4. The van der Waals surface area contributed by atoms with Gasteiger partial charge in [-0.25, -0.2) is 0 Å². The maximum atomic E-state index is 11.4. The Labute approximate surface area is 84.6 Å². The van der Waals surface area contributed by atoms with E-state index in [9.17, 15) is 4.79 Å². The van der Waals surface area contributed by atoms with Crippen LogP contribution in [0.5, 0.6) is 0 Å². The Morgan fingerprint density at radius 1 is 1.71 bits per heavy atom. The molecule has 1 fully saturated rings. The van der Waals surface area contributed by atoms with Crippen molar-refractivity contribution in [2.75, 3.05) is 13.2 Å². The van der Waals surface area contributed by atoms with E-state index in [4.69, 9.17) is 9.84 Å². The van der Waals surface area contributed by atoms with Gasteiger partial charge in [-0.15, -0.1) is 0 Å². The molecule has 0 aromatic rings. The zero-order valence-corrected chi connectivity index (χ0v) is 8.66. The molecule has 0 aromatic carbocycles. The molecule has 1 amide bonds. The number of nitrogens with one attached hydrogen (secondary N) is 1. The second-order valence-electron chi connectivity index (χ2n) is 3.82. The molecule has 0 radical (unpaired) electrons. The molecule has 2 N–H and O–H groups in total. The molecule has 0 aliphatic carbocycles. The lowest BCUT2D eigenvalue weighted by Gasteiger charge is -2.14. The lowest BCUT2D eigenvalue weighted by Crippen LogP contribution is -2.35. The summed E-state index contributed by atoms with van der Waals surface area (Å²) in [7, 11) is 0. The van der Waals surface area contributed by atoms with E-state index in [1.54, 1.807) is 0 Å². The van der Waals surface area contributed by atoms with E-state index in [0.717, 1.165) is 19.4 Å². The van der Waals surface area contributed by atoms with Crippen molar-refractivity contribution >= 4 is 5.91 Å². The summed E-state index contributed by atoms with van der Waals surface area (Å²) >= 11 is 0. The fraction of sp³-hybridized carbons (Fsp3) is 0.900. The number of hydrogen-bond donors (Lipinski definition) is 2. The van der Waals surface area contributed by atoms with Crippen LogP contribution in [0, 0.1) is 0 Å². The minimum atomic E-state index is 0.0258. The van der Waals surface area contributed by atoms with Crippen LogP contribution < -0.4 is 5.32 Å². The first-order chi connectivity index (χ1) is 6.72. The monoisotopic (exact) mass is 201 g/mol. The van der Waals surface area contributed by atoms with Gasteiger partial charge < -0.3 is 15.2 Å². The van der Waals surface area contributed by atoms with Gasteiger partial charge in [0.05, 0.1) is 12.5 Å². The number of ether oxygens (including phenoxy) is 1. The number of aliphatic hydroxyl groups excluding tert-OH is 1. The van der Waals surface area contributed by atoms with Crippen molar-refractivity contribution in [1.82, 2.24) is 5.32 Å². The Hall–Kier alpha value is -0.610. The quantitative estimate of drug-likeness (QED) is 0.678. The van der Waals surface area contributed by atoms with Crippen molar-refractivity contribution in [2.45, 2.75) is 44.8 Å². The first kappa shape index (κ1) is 11.5. The van der Waals surface area contributed by atoms with Gasteiger partial charge in [-0.3, -0.25) is 4.79 Å². The highest BCUT2D eigenvalue weighted by molar-refractivity contribution is 5.76. The summed E-state index contributed by atoms with van der Waals surface area (Å²) in [5.41, 5.74) is 0. The molecule has 1 aliphatic rings. The average Bonchev–Trinajstić information content (AvgIpc) is 2.56. The Kier molecular flexibility index (Phi) is 4.90. The molecule has 0 saturated carbocycles. The fourth-order valence-electron chi connectivity index (χ4n) is 1.61. The first-order valence-electron chi connectivity index (χ1n) is 5.24. The molecular formula is C10H19NO3. The van der Waals surface area contributed by atoms with Crippen LogP contribution in [0.1, 0.15) is 32.6 Å². The van der Waals surface area contributed by atoms with E-state index in [-0.39, 0.29) is 24.7 Å². The lowest BCUT2D eigenvalue weighted by atomic mass is 10.1. The third kappa shape index (κ3) is 4.07. The second-order valence-corrected chi connectivity index (χ2v) is 3.82. The van der Waals surface area contributed by atoms with Gasteiger partial charge in [-0.2, -0.15) is 0 Å². The minimum absolute atomic E-state index is 0.0258. The van der Waals surface area contributed by atoms with Gasteiger partial charge >= 0.3 is 0 Å². The van der Waals surface area contributed by atoms with Gasteiger partial charge in [0.25, 0.3) is 0 Å². The SMILES string of the molecule is CC(CCO)NC(=O)CC1CCCO1. The van der Waals surface area contributed by atoms with Crippen LogP contribution in [-0.2, 0) is 9.53 Å². The van der Waals surface area contributed by atoms with Crippen molar-refractivity contribution < 1.29 is 14.6 Å². The van der Waals surface area contributed by atoms with Crippen LogP contribution in [0.15, 0.2) is 0 Å². The molecule has 4 heteroatoms. The molecule has 1 aliphatic heterocycles. The standard InChI is InChI=1S/C10H19NO3/c1-8(4-5-12)11-10(13)7-9-3-2-6-14-9/h8-9,12H,2-7H2,1H3,(H,11,13). The Morgan fingerprint density at radius 3 is 3.07 bits per heavy atom. The van der Waals surface area contributed by atoms with Gasteiger partial charge in [0.1, 0.15) is 0 Å². The maximum Gasteiger partial charge on any atom is 0.222 e. The van der Waals surface area contributed by atoms with E-state index in [1.165, 1.54) is 0 Å². The summed E-state index contributed by atoms with van der Waals surface area (Å²) in [6.45, 7) is 2.79. The first-order valence-corrected chi connectivity index (χ1v) is 5.24. The molecule has 0 bridgehead atoms. The van der Waals surface area contributed by atoms with Crippen LogP contribution in [0.2, 0.25) is 0 Å². The van der Waals surface area contributed by atoms with Gasteiger partial charge in [0.15, 0.2) is 0 Å². The van der Waals surface area contributed by atoms with Crippen LogP contribution in [0.3, 0.4) is 0 Å². The van der Waals surface area contributed by atoms with Gasteiger partial charge in [-0.05, 0) is 26.2 Å². The molecule has 1 rings (SSSR count). The highest BCUT2D eigenvalue weighted by Crippen LogP contribution is 2.14. The minimum Gasteiger partial charge on any atom is -0.396 e. The predicted octanol–water partition coefficient (Wildman–Crippen LogP) is 0.443. The van der Waals surface area contributed by atoms with Gasteiger partial charge in [-0.1, -0.05) is 0 Å². The molecule has 14 heavy (non-hydrogen) atoms. The van der Waals surface area contributed by atoms with Crippen LogP contribution >= 0.6 is 0 Å². The van der Waals surface area contributed by atoms with Crippen molar-refractivity contribution in [3.8, 4) is 0 Å². The molecule has 1 saturated heterocycles. The van der Waals surface area contributed by atoms with Gasteiger partial charge in [0, 0.05) is 19.3 Å². The third-order valence-electron chi connectivity index (χ3n) is 2.41. The Balaban J connectivity index is 2.14. The van der Waals surface area contributed by atoms with Crippen LogP contribution in [0.4, 0.5) is 0 Å². The van der Waals surface area contributed by atoms with Gasteiger partial charge in [0.2, 0.25) is 5.91 Å². The molecule has 1 heterocycles. The van der Waals surface area contributed by atoms with E-state index < -0.39 is 0 Å². The number of aliphatic hydroxyl groups is 1. The smallest absolute Gasteiger partial charge is 0.222 e. The highest BCUT2D eigenvalue weighted by Gasteiger charge is 2.19. The van der Waals surface area contributed by atoms with Crippen molar-refractivity contribution in [1.29, 1.82) is 0 Å². The van der Waals surface area contributed by atoms with E-state index in [0.29, 0.717) is 12.8 Å². The molecule has 82 valence electrons. The van der Waals surface area contributed by atoms with E-state index >= 15 is 0 Å². The van der Waals surface area contributed by atoms with Crippen LogP contribution in [-0.4, -0.2) is 36.4 Å². The zero-order valence-electron chi connectivity index (χ0n) is 8.66. The summed E-state index contributed by atoms with van der Waals surface area (Å²) in [5.74, 6) is 0.0258. The van der Waals surface area contributed by atoms with E-state index in [1.807, 2.05) is 6.92 Å². The second kappa shape index (κ2) is 5.98. The van der Waals surface area contributed by atoms with Crippen molar-refractivity contribution in [3.63, 3.8) is 0 Å². The molecular weight excluding hydrogens is 182 g/mol. The lowest BCUT2D eigenvalue weighted by molar-refractivity contribution is -0.123. The third-order valence-corrected chi connectivity index (χ3v) is 2.41. The number of amides is 1. The topological polar surface area (TPSA) is 58.6 Å². The molecule has 0 aromatic heterocycles. The molecule has 2 atom stereocenters. The average molecular weight is 201 g/mol.